The summed E-state index contributed by atoms with van der Waals surface area (Å²) < 4.78 is 39.8. The Hall–Kier alpha value is -2.76. The number of amides is 1. The number of rotatable bonds is 7. The second-order valence-electron chi connectivity index (χ2n) is 7.17. The van der Waals surface area contributed by atoms with Crippen LogP contribution in [-0.2, 0) is 17.4 Å². The van der Waals surface area contributed by atoms with Crippen molar-refractivity contribution < 1.29 is 18.0 Å². The average Bonchev–Trinajstić information content (AvgIpc) is 3.14. The van der Waals surface area contributed by atoms with Gasteiger partial charge in [0, 0.05) is 36.0 Å². The molecule has 0 aliphatic rings. The number of halogens is 3. The predicted octanol–water partition coefficient (Wildman–Crippen LogP) is 5.80. The molecule has 0 saturated carbocycles. The molecule has 154 valence electrons. The third kappa shape index (κ3) is 4.63. The van der Waals surface area contributed by atoms with E-state index in [2.05, 4.69) is 17.2 Å². The highest BCUT2D eigenvalue weighted by Gasteiger charge is 2.31. The molecular weight excluding hydrogens is 377 g/mol. The first-order valence-electron chi connectivity index (χ1n) is 9.87. The predicted molar refractivity (Wildman–Crippen MR) is 109 cm³/mol. The lowest BCUT2D eigenvalue weighted by Crippen LogP contribution is -2.26. The minimum Gasteiger partial charge on any atom is -0.361 e. The third-order valence-corrected chi connectivity index (χ3v) is 5.17. The van der Waals surface area contributed by atoms with Crippen LogP contribution < -0.4 is 5.32 Å². The molecule has 1 heterocycles. The maximum atomic E-state index is 13.3. The Balaban J connectivity index is 2.08. The van der Waals surface area contributed by atoms with Crippen molar-refractivity contribution in [1.29, 1.82) is 0 Å². The Kier molecular flexibility index (Phi) is 6.30. The number of aryl methyl sites for hydroxylation is 1. The van der Waals surface area contributed by atoms with Gasteiger partial charge in [-0.1, -0.05) is 50.2 Å². The molecule has 6 heteroatoms. The molecule has 0 aliphatic carbocycles. The highest BCUT2D eigenvalue weighted by atomic mass is 19.4. The van der Waals surface area contributed by atoms with E-state index < -0.39 is 17.7 Å². The van der Waals surface area contributed by atoms with E-state index in [-0.39, 0.29) is 12.3 Å². The number of benzene rings is 2. The first-order chi connectivity index (χ1) is 13.8. The van der Waals surface area contributed by atoms with Gasteiger partial charge in [0.2, 0.25) is 5.91 Å². The molecule has 3 rings (SSSR count). The van der Waals surface area contributed by atoms with Gasteiger partial charge >= 0.3 is 6.18 Å². The Morgan fingerprint density at radius 1 is 1.14 bits per heavy atom. The first kappa shape index (κ1) is 21.0. The SMILES string of the molecule is CCCNC(=O)C[C@H](c1cccc(C(F)(F)F)c1)c1c[nH]c2c(CC)cccc12. The van der Waals surface area contributed by atoms with Crippen molar-refractivity contribution in [2.75, 3.05) is 6.54 Å². The summed E-state index contributed by atoms with van der Waals surface area (Å²) >= 11 is 0. The van der Waals surface area contributed by atoms with Crippen LogP contribution in [0.2, 0.25) is 0 Å². The van der Waals surface area contributed by atoms with Crippen LogP contribution in [0, 0.1) is 0 Å². The number of nitrogens with one attached hydrogen (secondary N) is 2. The van der Waals surface area contributed by atoms with Gasteiger partial charge in [-0.15, -0.1) is 0 Å². The van der Waals surface area contributed by atoms with Gasteiger partial charge in [-0.25, -0.2) is 0 Å². The summed E-state index contributed by atoms with van der Waals surface area (Å²) in [5, 5.41) is 3.78. The molecule has 3 nitrogen and oxygen atoms in total. The number of alkyl halides is 3. The van der Waals surface area contributed by atoms with Gasteiger partial charge in [0.1, 0.15) is 0 Å². The van der Waals surface area contributed by atoms with E-state index in [9.17, 15) is 18.0 Å². The number of para-hydroxylation sites is 1. The molecule has 0 saturated heterocycles. The van der Waals surface area contributed by atoms with Gasteiger partial charge in [0.05, 0.1) is 5.56 Å². The first-order valence-corrected chi connectivity index (χ1v) is 9.87. The van der Waals surface area contributed by atoms with Crippen molar-refractivity contribution >= 4 is 16.8 Å². The number of carbonyl (C=O) groups excluding carboxylic acids is 1. The summed E-state index contributed by atoms with van der Waals surface area (Å²) in [6, 6.07) is 11.2. The van der Waals surface area contributed by atoms with Crippen molar-refractivity contribution in [2.24, 2.45) is 0 Å². The summed E-state index contributed by atoms with van der Waals surface area (Å²) in [5.41, 5.74) is 2.71. The lowest BCUT2D eigenvalue weighted by molar-refractivity contribution is -0.137. The Morgan fingerprint density at radius 3 is 2.59 bits per heavy atom. The number of fused-ring (bicyclic) bond motifs is 1. The highest BCUT2D eigenvalue weighted by Crippen LogP contribution is 2.37. The topological polar surface area (TPSA) is 44.9 Å². The Labute approximate surface area is 168 Å². The van der Waals surface area contributed by atoms with Crippen LogP contribution >= 0.6 is 0 Å². The molecule has 2 aromatic carbocycles. The maximum Gasteiger partial charge on any atom is 0.416 e. The van der Waals surface area contributed by atoms with E-state index in [0.29, 0.717) is 12.1 Å². The van der Waals surface area contributed by atoms with Crippen molar-refractivity contribution in [1.82, 2.24) is 10.3 Å². The number of hydrogen-bond acceptors (Lipinski definition) is 1. The van der Waals surface area contributed by atoms with Crippen LogP contribution in [0.5, 0.6) is 0 Å². The van der Waals surface area contributed by atoms with Crippen molar-refractivity contribution in [3.8, 4) is 0 Å². The molecule has 0 spiro atoms. The molecule has 2 N–H and O–H groups in total. The molecule has 29 heavy (non-hydrogen) atoms. The Morgan fingerprint density at radius 2 is 1.90 bits per heavy atom. The zero-order valence-electron chi connectivity index (χ0n) is 16.6. The summed E-state index contributed by atoms with van der Waals surface area (Å²) in [6.07, 6.45) is -0.886. The Bertz CT molecular complexity index is 991. The maximum absolute atomic E-state index is 13.3. The minimum atomic E-state index is -4.43. The average molecular weight is 402 g/mol. The fourth-order valence-electron chi connectivity index (χ4n) is 3.68. The summed E-state index contributed by atoms with van der Waals surface area (Å²) in [4.78, 5) is 15.7. The van der Waals surface area contributed by atoms with Gasteiger partial charge in [0.15, 0.2) is 0 Å². The van der Waals surface area contributed by atoms with Crippen molar-refractivity contribution in [3.05, 3.63) is 70.9 Å². The van der Waals surface area contributed by atoms with Crippen LogP contribution in [0.15, 0.2) is 48.7 Å². The number of aromatic amines is 1. The molecule has 1 atom stereocenters. The number of H-pyrrole nitrogens is 1. The van der Waals surface area contributed by atoms with Gasteiger partial charge in [-0.2, -0.15) is 13.2 Å². The van der Waals surface area contributed by atoms with Crippen LogP contribution in [0.1, 0.15) is 54.9 Å². The quantitative estimate of drug-likeness (QED) is 0.516. The monoisotopic (exact) mass is 402 g/mol. The van der Waals surface area contributed by atoms with Crippen LogP contribution in [0.3, 0.4) is 0 Å². The van der Waals surface area contributed by atoms with Crippen LogP contribution in [0.25, 0.3) is 10.9 Å². The van der Waals surface area contributed by atoms with E-state index in [1.54, 1.807) is 6.07 Å². The third-order valence-electron chi connectivity index (χ3n) is 5.17. The van der Waals surface area contributed by atoms with E-state index in [1.165, 1.54) is 6.07 Å². The second-order valence-corrected chi connectivity index (χ2v) is 7.17. The number of hydrogen-bond donors (Lipinski definition) is 2. The zero-order valence-corrected chi connectivity index (χ0v) is 16.6. The minimum absolute atomic E-state index is 0.0879. The standard InChI is InChI=1S/C23H25F3N2O/c1-3-11-27-21(29)13-19(16-8-5-9-17(12-16)23(24,25)26)20-14-28-22-15(4-2)7-6-10-18(20)22/h5-10,12,14,19,28H,3-4,11,13H2,1-2H3,(H,27,29)/t19-/m1/s1. The lowest BCUT2D eigenvalue weighted by atomic mass is 9.86. The fraction of sp³-hybridized carbons (Fsp3) is 0.348. The van der Waals surface area contributed by atoms with Gasteiger partial charge in [-0.3, -0.25) is 4.79 Å². The number of aromatic nitrogens is 1. The highest BCUT2D eigenvalue weighted by molar-refractivity contribution is 5.88. The number of carbonyl (C=O) groups is 1. The molecule has 0 unspecified atom stereocenters. The molecule has 0 bridgehead atoms. The van der Waals surface area contributed by atoms with Crippen molar-refractivity contribution in [3.63, 3.8) is 0 Å². The molecule has 1 aromatic heterocycles. The molecule has 3 aromatic rings. The van der Waals surface area contributed by atoms with E-state index in [1.807, 2.05) is 31.3 Å². The summed E-state index contributed by atoms with van der Waals surface area (Å²) in [7, 11) is 0. The molecule has 0 radical (unpaired) electrons. The van der Waals surface area contributed by atoms with Crippen molar-refractivity contribution in [2.45, 2.75) is 45.2 Å². The fourth-order valence-corrected chi connectivity index (χ4v) is 3.68. The zero-order chi connectivity index (χ0) is 21.0. The summed E-state index contributed by atoms with van der Waals surface area (Å²) in [5.74, 6) is -0.648. The van der Waals surface area contributed by atoms with E-state index in [0.717, 1.165) is 47.0 Å². The van der Waals surface area contributed by atoms with Gasteiger partial charge < -0.3 is 10.3 Å². The van der Waals surface area contributed by atoms with E-state index in [4.69, 9.17) is 0 Å². The lowest BCUT2D eigenvalue weighted by Gasteiger charge is -2.19. The molecule has 1 amide bonds. The van der Waals surface area contributed by atoms with Gasteiger partial charge in [0.25, 0.3) is 0 Å². The smallest absolute Gasteiger partial charge is 0.361 e. The second kappa shape index (κ2) is 8.72. The summed E-state index contributed by atoms with van der Waals surface area (Å²) in [6.45, 7) is 4.55. The molecule has 0 aliphatic heterocycles. The van der Waals surface area contributed by atoms with Crippen LogP contribution in [-0.4, -0.2) is 17.4 Å². The van der Waals surface area contributed by atoms with Crippen LogP contribution in [0.4, 0.5) is 13.2 Å². The molecular formula is C23H25F3N2O. The largest absolute Gasteiger partial charge is 0.416 e. The van der Waals surface area contributed by atoms with Gasteiger partial charge in [-0.05, 0) is 35.6 Å². The van der Waals surface area contributed by atoms with E-state index >= 15 is 0 Å². The molecule has 0 fully saturated rings. The normalized spacial score (nSPS) is 12.9.